The molecule has 0 aliphatic carbocycles. The zero-order chi connectivity index (χ0) is 16.3. The van der Waals surface area contributed by atoms with Crippen molar-refractivity contribution in [1.29, 1.82) is 0 Å². The molecule has 0 atom stereocenters. The topological polar surface area (TPSA) is 81.1 Å². The highest BCUT2D eigenvalue weighted by Crippen LogP contribution is 2.32. The first-order chi connectivity index (χ1) is 9.63. The second-order valence-electron chi connectivity index (χ2n) is 5.05. The minimum atomic E-state index is -4.52. The van der Waals surface area contributed by atoms with E-state index in [1.165, 1.54) is 6.07 Å². The predicted molar refractivity (Wildman–Crippen MR) is 76.0 cm³/mol. The van der Waals surface area contributed by atoms with E-state index < -0.39 is 23.2 Å². The van der Waals surface area contributed by atoms with Crippen LogP contribution in [0.1, 0.15) is 42.6 Å². The number of nitrogens with two attached hydrogens (primary N) is 2. The highest BCUT2D eigenvalue weighted by Gasteiger charge is 2.31. The van der Waals surface area contributed by atoms with Crippen LogP contribution in [-0.2, 0) is 6.18 Å². The zero-order valence-electron chi connectivity index (χ0n) is 12.1. The maximum atomic E-state index is 12.7. The van der Waals surface area contributed by atoms with Crippen molar-refractivity contribution in [3.8, 4) is 0 Å². The van der Waals surface area contributed by atoms with Crippen molar-refractivity contribution in [3.05, 3.63) is 29.3 Å². The van der Waals surface area contributed by atoms with Crippen molar-refractivity contribution >= 4 is 11.6 Å². The van der Waals surface area contributed by atoms with Crippen LogP contribution < -0.4 is 16.8 Å². The fourth-order valence-corrected chi connectivity index (χ4v) is 1.85. The summed E-state index contributed by atoms with van der Waals surface area (Å²) in [5.41, 5.74) is 9.93. The number of anilines is 1. The molecule has 5 N–H and O–H groups in total. The summed E-state index contributed by atoms with van der Waals surface area (Å²) in [6, 6.07) is 2.86. The van der Waals surface area contributed by atoms with Gasteiger partial charge in [0.25, 0.3) is 5.91 Å². The number of carbonyl (C=O) groups excluding carboxylic acids is 1. The first-order valence-electron chi connectivity index (χ1n) is 6.66. The predicted octanol–water partition coefficient (Wildman–Crippen LogP) is 2.73. The highest BCUT2D eigenvalue weighted by molar-refractivity contribution is 5.98. The summed E-state index contributed by atoms with van der Waals surface area (Å²) in [5.74, 6) is -0.917. The molecule has 0 heterocycles. The first kappa shape index (κ1) is 17.3. The molecule has 0 aromatic heterocycles. The number of halogens is 3. The molecule has 21 heavy (non-hydrogen) atoms. The number of nitrogens with one attached hydrogen (secondary N) is 1. The molecule has 1 rings (SSSR count). The lowest BCUT2D eigenvalue weighted by Crippen LogP contribution is -2.45. The Bertz CT molecular complexity index is 511. The van der Waals surface area contributed by atoms with Crippen molar-refractivity contribution in [1.82, 2.24) is 0 Å². The van der Waals surface area contributed by atoms with Gasteiger partial charge >= 0.3 is 6.18 Å². The minimum absolute atomic E-state index is 0.195. The van der Waals surface area contributed by atoms with E-state index >= 15 is 0 Å². The standard InChI is InChI=1S/C14H20F3N3O/c1-3-13(19,4-2)8-20-11-6-5-9(14(15,16)17)7-10(11)12(18)21/h5-7,20H,3-4,8,19H2,1-2H3,(H2,18,21). The molecule has 0 bridgehead atoms. The largest absolute Gasteiger partial charge is 0.416 e. The first-order valence-corrected chi connectivity index (χ1v) is 6.66. The average molecular weight is 303 g/mol. The van der Waals surface area contributed by atoms with Crippen molar-refractivity contribution in [2.24, 2.45) is 11.5 Å². The molecule has 1 amide bonds. The van der Waals surface area contributed by atoms with Crippen molar-refractivity contribution in [3.63, 3.8) is 0 Å². The second-order valence-corrected chi connectivity index (χ2v) is 5.05. The van der Waals surface area contributed by atoms with Crippen LogP contribution in [0.4, 0.5) is 18.9 Å². The second kappa shape index (κ2) is 6.34. The van der Waals surface area contributed by atoms with Gasteiger partial charge < -0.3 is 16.8 Å². The van der Waals surface area contributed by atoms with Crippen LogP contribution in [0.2, 0.25) is 0 Å². The quantitative estimate of drug-likeness (QED) is 0.756. The van der Waals surface area contributed by atoms with Gasteiger partial charge in [0.05, 0.1) is 11.1 Å². The summed E-state index contributed by atoms with van der Waals surface area (Å²) >= 11 is 0. The minimum Gasteiger partial charge on any atom is -0.383 e. The van der Waals surface area contributed by atoms with E-state index in [1.54, 1.807) is 0 Å². The van der Waals surface area contributed by atoms with E-state index in [-0.39, 0.29) is 11.3 Å². The Kier molecular flexibility index (Phi) is 5.22. The van der Waals surface area contributed by atoms with Crippen molar-refractivity contribution in [2.75, 3.05) is 11.9 Å². The molecular weight excluding hydrogens is 283 g/mol. The number of benzene rings is 1. The molecule has 0 radical (unpaired) electrons. The van der Waals surface area contributed by atoms with Crippen LogP contribution in [-0.4, -0.2) is 18.0 Å². The fraction of sp³-hybridized carbons (Fsp3) is 0.500. The fourth-order valence-electron chi connectivity index (χ4n) is 1.85. The molecule has 1 aromatic carbocycles. The number of amides is 1. The summed E-state index contributed by atoms with van der Waals surface area (Å²) in [7, 11) is 0. The third-order valence-corrected chi connectivity index (χ3v) is 3.65. The molecule has 0 unspecified atom stereocenters. The smallest absolute Gasteiger partial charge is 0.383 e. The third-order valence-electron chi connectivity index (χ3n) is 3.65. The number of primary amides is 1. The van der Waals surface area contributed by atoms with Gasteiger partial charge in [0.2, 0.25) is 0 Å². The van der Waals surface area contributed by atoms with E-state index in [1.807, 2.05) is 13.8 Å². The summed E-state index contributed by atoms with van der Waals surface area (Å²) < 4.78 is 38.0. The molecule has 0 saturated heterocycles. The van der Waals surface area contributed by atoms with E-state index in [9.17, 15) is 18.0 Å². The Morgan fingerprint density at radius 2 is 1.81 bits per heavy atom. The molecule has 0 spiro atoms. The van der Waals surface area contributed by atoms with Gasteiger partial charge in [-0.2, -0.15) is 13.2 Å². The molecule has 4 nitrogen and oxygen atoms in total. The van der Waals surface area contributed by atoms with Crippen LogP contribution in [0, 0.1) is 0 Å². The summed E-state index contributed by atoms with van der Waals surface area (Å²) in [6.07, 6.45) is -3.13. The molecule has 0 aliphatic rings. The van der Waals surface area contributed by atoms with Crippen LogP contribution >= 0.6 is 0 Å². The Morgan fingerprint density at radius 1 is 1.24 bits per heavy atom. The van der Waals surface area contributed by atoms with Crippen LogP contribution in [0.5, 0.6) is 0 Å². The van der Waals surface area contributed by atoms with Crippen LogP contribution in [0.25, 0.3) is 0 Å². The Labute approximate surface area is 121 Å². The van der Waals surface area contributed by atoms with Crippen LogP contribution in [0.15, 0.2) is 18.2 Å². The number of carbonyl (C=O) groups is 1. The molecular formula is C14H20F3N3O. The van der Waals surface area contributed by atoms with Gasteiger partial charge in [0.15, 0.2) is 0 Å². The normalized spacial score (nSPS) is 12.3. The molecule has 0 fully saturated rings. The van der Waals surface area contributed by atoms with Gasteiger partial charge in [-0.05, 0) is 31.0 Å². The lowest BCUT2D eigenvalue weighted by atomic mass is 9.94. The molecule has 7 heteroatoms. The van der Waals surface area contributed by atoms with Gasteiger partial charge in [-0.3, -0.25) is 4.79 Å². The van der Waals surface area contributed by atoms with Crippen molar-refractivity contribution in [2.45, 2.75) is 38.4 Å². The van der Waals surface area contributed by atoms with Gasteiger partial charge in [-0.25, -0.2) is 0 Å². The summed E-state index contributed by atoms with van der Waals surface area (Å²) in [5, 5.41) is 2.92. The molecule has 0 aliphatic heterocycles. The van der Waals surface area contributed by atoms with E-state index in [0.29, 0.717) is 19.4 Å². The van der Waals surface area contributed by atoms with E-state index in [0.717, 1.165) is 12.1 Å². The van der Waals surface area contributed by atoms with Crippen LogP contribution in [0.3, 0.4) is 0 Å². The van der Waals surface area contributed by atoms with Gasteiger partial charge in [0, 0.05) is 17.8 Å². The molecule has 0 saturated carbocycles. The number of alkyl halides is 3. The summed E-state index contributed by atoms with van der Waals surface area (Å²) in [6.45, 7) is 4.19. The molecule has 1 aromatic rings. The number of hydrogen-bond donors (Lipinski definition) is 3. The monoisotopic (exact) mass is 303 g/mol. The Hall–Kier alpha value is -1.76. The number of rotatable bonds is 6. The summed E-state index contributed by atoms with van der Waals surface area (Å²) in [4.78, 5) is 11.3. The highest BCUT2D eigenvalue weighted by atomic mass is 19.4. The van der Waals surface area contributed by atoms with Gasteiger partial charge in [0.1, 0.15) is 0 Å². The van der Waals surface area contributed by atoms with Gasteiger partial charge in [-0.1, -0.05) is 13.8 Å². The Morgan fingerprint density at radius 3 is 2.24 bits per heavy atom. The van der Waals surface area contributed by atoms with Gasteiger partial charge in [-0.15, -0.1) is 0 Å². The maximum absolute atomic E-state index is 12.7. The third kappa shape index (κ3) is 4.35. The lowest BCUT2D eigenvalue weighted by Gasteiger charge is -2.28. The number of hydrogen-bond acceptors (Lipinski definition) is 3. The molecule has 118 valence electrons. The zero-order valence-corrected chi connectivity index (χ0v) is 12.1. The van der Waals surface area contributed by atoms with Crippen molar-refractivity contribution < 1.29 is 18.0 Å². The van der Waals surface area contributed by atoms with E-state index in [4.69, 9.17) is 11.5 Å². The lowest BCUT2D eigenvalue weighted by molar-refractivity contribution is -0.137. The van der Waals surface area contributed by atoms with E-state index in [2.05, 4.69) is 5.32 Å². The average Bonchev–Trinajstić information content (AvgIpc) is 2.43. The maximum Gasteiger partial charge on any atom is 0.416 e. The Balaban J connectivity index is 3.05. The SMILES string of the molecule is CCC(N)(CC)CNc1ccc(C(F)(F)F)cc1C(N)=O.